The van der Waals surface area contributed by atoms with Gasteiger partial charge in [0.05, 0.1) is 23.7 Å². The first-order valence-electron chi connectivity index (χ1n) is 13.2. The number of ether oxygens (including phenoxy) is 2. The molecule has 4 aliphatic carbocycles. The van der Waals surface area contributed by atoms with Gasteiger partial charge in [-0.15, -0.1) is 0 Å². The Labute approximate surface area is 208 Å². The first-order chi connectivity index (χ1) is 17.5. The second kappa shape index (κ2) is 7.15. The van der Waals surface area contributed by atoms with Crippen LogP contribution in [0.15, 0.2) is 48.5 Å². The van der Waals surface area contributed by atoms with Crippen LogP contribution < -0.4 is 0 Å². The van der Waals surface area contributed by atoms with Crippen LogP contribution in [0.4, 0.5) is 0 Å². The van der Waals surface area contributed by atoms with Gasteiger partial charge in [-0.1, -0.05) is 48.5 Å². The molecule has 6 nitrogen and oxygen atoms in total. The van der Waals surface area contributed by atoms with Gasteiger partial charge < -0.3 is 9.47 Å². The second-order valence-electron chi connectivity index (χ2n) is 11.8. The summed E-state index contributed by atoms with van der Waals surface area (Å²) in [7, 11) is 0. The lowest BCUT2D eigenvalue weighted by Gasteiger charge is -2.28. The van der Waals surface area contributed by atoms with E-state index in [4.69, 9.17) is 9.47 Å². The minimum atomic E-state index is -0.318. The summed E-state index contributed by atoms with van der Waals surface area (Å²) < 4.78 is 9.90. The standard InChI is InChI=1S/C30H26O6/c31-27-23-17-9-19(21(11-17)25(23)29(33)35-27)15-5-1-13(2-6-15)14-3-7-16(8-4-14)20-10-18-12-22(20)26-24(18)28(32)36-30(26)34/h1-8,17-26H,9-12H2. The highest BCUT2D eigenvalue weighted by Crippen LogP contribution is 2.62. The molecule has 6 aliphatic rings. The monoisotopic (exact) mass is 482 g/mol. The molecular formula is C30H26O6. The number of hydrogen-bond donors (Lipinski definition) is 0. The second-order valence-corrected chi connectivity index (χ2v) is 11.8. The van der Waals surface area contributed by atoms with Crippen molar-refractivity contribution in [3.8, 4) is 11.1 Å². The number of esters is 4. The molecule has 2 aliphatic heterocycles. The van der Waals surface area contributed by atoms with Gasteiger partial charge in [-0.2, -0.15) is 0 Å². The van der Waals surface area contributed by atoms with E-state index in [2.05, 4.69) is 48.5 Å². The quantitative estimate of drug-likeness (QED) is 0.481. The maximum absolute atomic E-state index is 12.2. The average Bonchev–Trinajstić information content (AvgIpc) is 3.71. The fraction of sp³-hybridized carbons (Fsp3) is 0.467. The Morgan fingerprint density at radius 2 is 0.833 bits per heavy atom. The predicted octanol–water partition coefficient (Wildman–Crippen LogP) is 4.23. The minimum absolute atomic E-state index is 0.206. The maximum Gasteiger partial charge on any atom is 0.317 e. The molecule has 0 N–H and O–H groups in total. The van der Waals surface area contributed by atoms with Crippen molar-refractivity contribution >= 4 is 23.9 Å². The molecule has 2 aromatic carbocycles. The first kappa shape index (κ1) is 20.9. The molecule has 6 heteroatoms. The summed E-state index contributed by atoms with van der Waals surface area (Å²) in [5.41, 5.74) is 4.76. The predicted molar refractivity (Wildman–Crippen MR) is 126 cm³/mol. The normalized spacial score (nSPS) is 41.6. The van der Waals surface area contributed by atoms with Crippen LogP contribution in [0.1, 0.15) is 48.6 Å². The molecule has 182 valence electrons. The Hall–Kier alpha value is -3.28. The number of fused-ring (bicyclic) bond motifs is 10. The summed E-state index contributed by atoms with van der Waals surface area (Å²) in [5.74, 6) is -0.620. The molecule has 10 atom stereocenters. The van der Waals surface area contributed by atoms with Crippen molar-refractivity contribution < 1.29 is 28.7 Å². The molecule has 2 saturated heterocycles. The summed E-state index contributed by atoms with van der Waals surface area (Å²) in [4.78, 5) is 48.6. The van der Waals surface area contributed by atoms with Crippen molar-refractivity contribution in [2.24, 2.45) is 47.3 Å². The van der Waals surface area contributed by atoms with E-state index in [1.54, 1.807) is 0 Å². The van der Waals surface area contributed by atoms with Gasteiger partial charge in [0.2, 0.25) is 0 Å². The van der Waals surface area contributed by atoms with E-state index in [1.807, 2.05) is 0 Å². The van der Waals surface area contributed by atoms with Crippen LogP contribution in [0.2, 0.25) is 0 Å². The van der Waals surface area contributed by atoms with Gasteiger partial charge in [0.15, 0.2) is 0 Å². The van der Waals surface area contributed by atoms with E-state index in [0.29, 0.717) is 11.8 Å². The number of benzene rings is 2. The fourth-order valence-corrected chi connectivity index (χ4v) is 9.12. The molecule has 4 saturated carbocycles. The molecular weight excluding hydrogens is 456 g/mol. The smallest absolute Gasteiger partial charge is 0.317 e. The van der Waals surface area contributed by atoms with Crippen LogP contribution in [0.5, 0.6) is 0 Å². The molecule has 0 radical (unpaired) electrons. The van der Waals surface area contributed by atoms with Crippen molar-refractivity contribution in [2.45, 2.75) is 37.5 Å². The molecule has 10 unspecified atom stereocenters. The van der Waals surface area contributed by atoms with Crippen LogP contribution in [-0.2, 0) is 28.7 Å². The van der Waals surface area contributed by atoms with E-state index < -0.39 is 0 Å². The Bertz CT molecular complexity index is 1220. The summed E-state index contributed by atoms with van der Waals surface area (Å²) in [5, 5.41) is 0. The Balaban J connectivity index is 0.994. The van der Waals surface area contributed by atoms with Crippen LogP contribution in [0.25, 0.3) is 11.1 Å². The number of cyclic esters (lactones) is 4. The van der Waals surface area contributed by atoms with E-state index in [-0.39, 0.29) is 71.2 Å². The molecule has 0 aromatic heterocycles. The number of carbonyl (C=O) groups excluding carboxylic acids is 4. The van der Waals surface area contributed by atoms with E-state index in [0.717, 1.165) is 36.8 Å². The highest BCUT2D eigenvalue weighted by molar-refractivity contribution is 5.98. The topological polar surface area (TPSA) is 86.7 Å². The third-order valence-electron chi connectivity index (χ3n) is 10.5. The number of rotatable bonds is 3. The Morgan fingerprint density at radius 1 is 0.472 bits per heavy atom. The van der Waals surface area contributed by atoms with Crippen molar-refractivity contribution in [2.75, 3.05) is 0 Å². The SMILES string of the molecule is O=C1OC(=O)C2C3CC(CC3c3ccc(-c4ccc(C5CC6CC5C5C(=O)OC(=O)C65)cc4)cc3)C12. The molecule has 36 heavy (non-hydrogen) atoms. The molecule has 6 fully saturated rings. The zero-order valence-corrected chi connectivity index (χ0v) is 19.7. The third-order valence-corrected chi connectivity index (χ3v) is 10.5. The van der Waals surface area contributed by atoms with E-state index in [9.17, 15) is 19.2 Å². The van der Waals surface area contributed by atoms with Crippen molar-refractivity contribution in [1.82, 2.24) is 0 Å². The van der Waals surface area contributed by atoms with Crippen molar-refractivity contribution in [3.63, 3.8) is 0 Å². The van der Waals surface area contributed by atoms with Gasteiger partial charge in [-0.05, 0) is 83.4 Å². The van der Waals surface area contributed by atoms with Crippen LogP contribution >= 0.6 is 0 Å². The van der Waals surface area contributed by atoms with Crippen LogP contribution in [-0.4, -0.2) is 23.9 Å². The molecule has 2 aromatic rings. The average molecular weight is 483 g/mol. The van der Waals surface area contributed by atoms with Gasteiger partial charge in [-0.3, -0.25) is 19.2 Å². The Kier molecular flexibility index (Phi) is 4.14. The summed E-state index contributed by atoms with van der Waals surface area (Å²) in [6.45, 7) is 0. The highest BCUT2D eigenvalue weighted by atomic mass is 16.6. The van der Waals surface area contributed by atoms with Gasteiger partial charge >= 0.3 is 23.9 Å². The molecule has 0 amide bonds. The van der Waals surface area contributed by atoms with Gasteiger partial charge in [0.1, 0.15) is 0 Å². The molecule has 8 rings (SSSR count). The maximum atomic E-state index is 12.2. The van der Waals surface area contributed by atoms with Gasteiger partial charge in [0.25, 0.3) is 0 Å². The summed E-state index contributed by atoms with van der Waals surface area (Å²) in [6, 6.07) is 17.3. The lowest BCUT2D eigenvalue weighted by atomic mass is 9.72. The van der Waals surface area contributed by atoms with Crippen LogP contribution in [0.3, 0.4) is 0 Å². The summed E-state index contributed by atoms with van der Waals surface area (Å²) in [6.07, 6.45) is 3.79. The van der Waals surface area contributed by atoms with E-state index in [1.165, 1.54) is 11.1 Å². The largest absolute Gasteiger partial charge is 0.393 e. The van der Waals surface area contributed by atoms with Crippen LogP contribution in [0, 0.1) is 47.3 Å². The Morgan fingerprint density at radius 3 is 1.22 bits per heavy atom. The van der Waals surface area contributed by atoms with Crippen molar-refractivity contribution in [3.05, 3.63) is 59.7 Å². The summed E-state index contributed by atoms with van der Waals surface area (Å²) >= 11 is 0. The fourth-order valence-electron chi connectivity index (χ4n) is 9.12. The highest BCUT2D eigenvalue weighted by Gasteiger charge is 2.64. The minimum Gasteiger partial charge on any atom is -0.393 e. The number of carbonyl (C=O) groups is 4. The number of hydrogen-bond acceptors (Lipinski definition) is 6. The third kappa shape index (κ3) is 2.67. The first-order valence-corrected chi connectivity index (χ1v) is 13.2. The van der Waals surface area contributed by atoms with Gasteiger partial charge in [0, 0.05) is 0 Å². The van der Waals surface area contributed by atoms with Crippen molar-refractivity contribution in [1.29, 1.82) is 0 Å². The zero-order chi connectivity index (χ0) is 24.3. The van der Waals surface area contributed by atoms with Gasteiger partial charge in [-0.25, -0.2) is 0 Å². The molecule has 4 bridgehead atoms. The molecule has 0 spiro atoms. The lowest BCUT2D eigenvalue weighted by Crippen LogP contribution is -2.29. The van der Waals surface area contributed by atoms with E-state index >= 15 is 0 Å². The lowest BCUT2D eigenvalue weighted by molar-refractivity contribution is -0.156. The zero-order valence-electron chi connectivity index (χ0n) is 19.7. The molecule has 2 heterocycles.